The lowest BCUT2D eigenvalue weighted by Crippen LogP contribution is -2.20. The number of halogens is 1. The van der Waals surface area contributed by atoms with Crippen molar-refractivity contribution >= 4 is 35.1 Å². The fourth-order valence-corrected chi connectivity index (χ4v) is 4.21. The highest BCUT2D eigenvalue weighted by atomic mass is 35.5. The van der Waals surface area contributed by atoms with Crippen LogP contribution < -0.4 is 11.2 Å². The van der Waals surface area contributed by atoms with Gasteiger partial charge in [0.2, 0.25) is 11.1 Å². The molecule has 1 aliphatic carbocycles. The maximum absolute atomic E-state index is 12.4. The number of carbonyl (C=O) groups is 1. The van der Waals surface area contributed by atoms with Gasteiger partial charge in [-0.2, -0.15) is 5.10 Å². The van der Waals surface area contributed by atoms with E-state index in [2.05, 4.69) is 20.6 Å². The number of nitrogen functional groups attached to an aromatic ring is 1. The van der Waals surface area contributed by atoms with Crippen molar-refractivity contribution in [2.45, 2.75) is 36.9 Å². The van der Waals surface area contributed by atoms with Gasteiger partial charge in [-0.3, -0.25) is 4.79 Å². The second-order valence-corrected chi connectivity index (χ2v) is 8.00. The summed E-state index contributed by atoms with van der Waals surface area (Å²) in [6.07, 6.45) is 6.32. The quantitative estimate of drug-likeness (QED) is 0.470. The highest BCUT2D eigenvalue weighted by Crippen LogP contribution is 2.31. The predicted molar refractivity (Wildman–Crippen MR) is 110 cm³/mol. The third-order valence-corrected chi connectivity index (χ3v) is 5.87. The minimum absolute atomic E-state index is 0.142. The number of aromatic nitrogens is 5. The zero-order valence-corrected chi connectivity index (χ0v) is 16.7. The van der Waals surface area contributed by atoms with Crippen molar-refractivity contribution in [3.8, 4) is 11.4 Å². The third kappa shape index (κ3) is 4.00. The predicted octanol–water partition coefficient (Wildman–Crippen LogP) is 3.35. The first-order valence-electron chi connectivity index (χ1n) is 9.04. The normalized spacial score (nSPS) is 14.5. The van der Waals surface area contributed by atoms with Crippen LogP contribution in [0.25, 0.3) is 11.4 Å². The van der Waals surface area contributed by atoms with E-state index in [-0.39, 0.29) is 11.7 Å². The van der Waals surface area contributed by atoms with Gasteiger partial charge in [0.05, 0.1) is 18.0 Å². The maximum atomic E-state index is 12.4. The molecule has 0 saturated heterocycles. The molecule has 3 aromatic rings. The number of nitrogens with one attached hydrogen (secondary N) is 1. The average molecular weight is 418 g/mol. The van der Waals surface area contributed by atoms with Crippen molar-refractivity contribution in [3.63, 3.8) is 0 Å². The van der Waals surface area contributed by atoms with E-state index in [9.17, 15) is 4.79 Å². The monoisotopic (exact) mass is 417 g/mol. The number of thioether (sulfide) groups is 1. The molecule has 10 heteroatoms. The Morgan fingerprint density at radius 1 is 1.29 bits per heavy atom. The molecule has 1 aliphatic rings. The smallest absolute Gasteiger partial charge is 0.235 e. The van der Waals surface area contributed by atoms with Crippen LogP contribution in [0.4, 0.5) is 5.82 Å². The summed E-state index contributed by atoms with van der Waals surface area (Å²) in [5.41, 5.74) is 0.763. The number of nitrogens with two attached hydrogens (primary N) is 1. The van der Waals surface area contributed by atoms with E-state index in [1.165, 1.54) is 29.3 Å². The van der Waals surface area contributed by atoms with E-state index < -0.39 is 0 Å². The molecule has 0 radical (unpaired) electrons. The summed E-state index contributed by atoms with van der Waals surface area (Å²) < 4.78 is 3.28. The minimum Gasteiger partial charge on any atom is -0.335 e. The summed E-state index contributed by atoms with van der Waals surface area (Å²) in [6.45, 7) is 0. The fourth-order valence-electron chi connectivity index (χ4n) is 3.36. The summed E-state index contributed by atoms with van der Waals surface area (Å²) in [5, 5.41) is 16.5. The van der Waals surface area contributed by atoms with Gasteiger partial charge in [0.15, 0.2) is 5.82 Å². The number of carbonyl (C=O) groups excluding carboxylic acids is 1. The molecule has 1 fully saturated rings. The number of hydrogen-bond donors (Lipinski definition) is 2. The Bertz CT molecular complexity index is 980. The lowest BCUT2D eigenvalue weighted by atomic mass is 10.2. The largest absolute Gasteiger partial charge is 0.335 e. The topological polar surface area (TPSA) is 104 Å². The molecule has 0 unspecified atom stereocenters. The Kier molecular flexibility index (Phi) is 5.54. The SMILES string of the molecule is Nn1c(SCC(=O)Nc2ccnn2C2CCCC2)nnc1-c1cccc(Cl)c1. The van der Waals surface area contributed by atoms with E-state index in [1.54, 1.807) is 18.3 Å². The first-order valence-corrected chi connectivity index (χ1v) is 10.4. The molecule has 0 bridgehead atoms. The Labute approximate surface area is 171 Å². The minimum atomic E-state index is -0.142. The van der Waals surface area contributed by atoms with Crippen molar-refractivity contribution < 1.29 is 4.79 Å². The van der Waals surface area contributed by atoms with Crippen LogP contribution in [-0.2, 0) is 4.79 Å². The maximum Gasteiger partial charge on any atom is 0.235 e. The van der Waals surface area contributed by atoms with Gasteiger partial charge in [-0.25, -0.2) is 9.36 Å². The van der Waals surface area contributed by atoms with Gasteiger partial charge in [0.1, 0.15) is 5.82 Å². The summed E-state index contributed by atoms with van der Waals surface area (Å²) in [4.78, 5) is 12.4. The van der Waals surface area contributed by atoms with E-state index in [0.717, 1.165) is 24.2 Å². The number of amides is 1. The molecule has 3 N–H and O–H groups in total. The van der Waals surface area contributed by atoms with Crippen LogP contribution in [0, 0.1) is 0 Å². The van der Waals surface area contributed by atoms with Crippen LogP contribution in [-0.4, -0.2) is 36.3 Å². The Hall–Kier alpha value is -2.52. The van der Waals surface area contributed by atoms with E-state index in [4.69, 9.17) is 17.4 Å². The molecular formula is C18H20ClN7OS. The van der Waals surface area contributed by atoms with E-state index in [0.29, 0.717) is 22.0 Å². The van der Waals surface area contributed by atoms with Crippen molar-refractivity contribution in [1.29, 1.82) is 0 Å². The highest BCUT2D eigenvalue weighted by Gasteiger charge is 2.21. The molecule has 0 aliphatic heterocycles. The molecule has 4 rings (SSSR count). The summed E-state index contributed by atoms with van der Waals surface area (Å²) in [6, 6.07) is 9.40. The second kappa shape index (κ2) is 8.24. The lowest BCUT2D eigenvalue weighted by molar-refractivity contribution is -0.113. The second-order valence-electron chi connectivity index (χ2n) is 6.62. The number of rotatable bonds is 6. The van der Waals surface area contributed by atoms with Gasteiger partial charge in [-0.05, 0) is 25.0 Å². The molecule has 8 nitrogen and oxygen atoms in total. The first-order chi connectivity index (χ1) is 13.6. The van der Waals surface area contributed by atoms with Crippen LogP contribution in [0.15, 0.2) is 41.7 Å². The molecule has 1 saturated carbocycles. The number of nitrogens with zero attached hydrogens (tertiary/aromatic N) is 5. The molecule has 0 spiro atoms. The summed E-state index contributed by atoms with van der Waals surface area (Å²) in [5.74, 6) is 7.34. The number of hydrogen-bond acceptors (Lipinski definition) is 6. The van der Waals surface area contributed by atoms with Gasteiger partial charge in [-0.15, -0.1) is 10.2 Å². The van der Waals surface area contributed by atoms with Crippen molar-refractivity contribution in [1.82, 2.24) is 24.7 Å². The van der Waals surface area contributed by atoms with Crippen molar-refractivity contribution in [2.75, 3.05) is 16.9 Å². The van der Waals surface area contributed by atoms with Crippen molar-refractivity contribution in [3.05, 3.63) is 41.6 Å². The molecule has 1 amide bonds. The van der Waals surface area contributed by atoms with Gasteiger partial charge in [-0.1, -0.05) is 48.3 Å². The zero-order valence-electron chi connectivity index (χ0n) is 15.1. The molecule has 1 aromatic carbocycles. The number of anilines is 1. The van der Waals surface area contributed by atoms with E-state index >= 15 is 0 Å². The first kappa shape index (κ1) is 18.8. The van der Waals surface area contributed by atoms with Gasteiger partial charge >= 0.3 is 0 Å². The van der Waals surface area contributed by atoms with E-state index in [1.807, 2.05) is 22.9 Å². The highest BCUT2D eigenvalue weighted by molar-refractivity contribution is 7.99. The van der Waals surface area contributed by atoms with Crippen molar-refractivity contribution in [2.24, 2.45) is 0 Å². The Balaban J connectivity index is 1.39. The molecule has 0 atom stereocenters. The standard InChI is InChI=1S/C18H20ClN7OS/c19-13-5-3-4-12(10-13)17-23-24-18(25(17)20)28-11-16(27)22-15-8-9-21-26(15)14-6-1-2-7-14/h3-5,8-10,14H,1-2,6-7,11,20H2,(H,22,27). The summed E-state index contributed by atoms with van der Waals surface area (Å²) >= 11 is 7.24. The van der Waals surface area contributed by atoms with Crippen LogP contribution in [0.5, 0.6) is 0 Å². The molecule has 2 aromatic heterocycles. The zero-order chi connectivity index (χ0) is 19.5. The van der Waals surface area contributed by atoms with Crippen LogP contribution in [0.2, 0.25) is 5.02 Å². The van der Waals surface area contributed by atoms with Gasteiger partial charge in [0.25, 0.3) is 0 Å². The van der Waals surface area contributed by atoms with Crippen LogP contribution in [0.1, 0.15) is 31.7 Å². The Morgan fingerprint density at radius 2 is 2.11 bits per heavy atom. The summed E-state index contributed by atoms with van der Waals surface area (Å²) in [7, 11) is 0. The molecular weight excluding hydrogens is 398 g/mol. The average Bonchev–Trinajstić information content (AvgIpc) is 3.41. The number of benzene rings is 1. The molecule has 2 heterocycles. The van der Waals surface area contributed by atoms with Gasteiger partial charge < -0.3 is 11.2 Å². The lowest BCUT2D eigenvalue weighted by Gasteiger charge is -2.14. The van der Waals surface area contributed by atoms with Gasteiger partial charge in [0, 0.05) is 16.7 Å². The Morgan fingerprint density at radius 3 is 2.89 bits per heavy atom. The fraction of sp³-hybridized carbons (Fsp3) is 0.333. The third-order valence-electron chi connectivity index (χ3n) is 4.69. The van der Waals surface area contributed by atoms with Crippen LogP contribution in [0.3, 0.4) is 0 Å². The molecule has 146 valence electrons. The van der Waals surface area contributed by atoms with Crippen LogP contribution >= 0.6 is 23.4 Å². The molecule has 28 heavy (non-hydrogen) atoms.